The summed E-state index contributed by atoms with van der Waals surface area (Å²) in [7, 11) is 1.79. The largest absolute Gasteiger partial charge is 0.492 e. The highest BCUT2D eigenvalue weighted by Gasteiger charge is 2.18. The van der Waals surface area contributed by atoms with Crippen LogP contribution in [0.2, 0.25) is 5.02 Å². The van der Waals surface area contributed by atoms with Crippen molar-refractivity contribution >= 4 is 34.5 Å². The van der Waals surface area contributed by atoms with Crippen LogP contribution in [0.3, 0.4) is 0 Å². The number of aromatic nitrogens is 3. The molecule has 3 aromatic rings. The first-order chi connectivity index (χ1) is 12.9. The number of carbonyl (C=O) groups is 1. The van der Waals surface area contributed by atoms with Gasteiger partial charge in [0.25, 0.3) is 5.91 Å². The maximum absolute atomic E-state index is 12.6. The summed E-state index contributed by atoms with van der Waals surface area (Å²) < 4.78 is 7.40. The van der Waals surface area contributed by atoms with Crippen molar-refractivity contribution in [3.8, 4) is 17.0 Å². The van der Waals surface area contributed by atoms with E-state index in [9.17, 15) is 4.79 Å². The zero-order valence-corrected chi connectivity index (χ0v) is 16.8. The van der Waals surface area contributed by atoms with Crippen molar-refractivity contribution in [2.75, 3.05) is 18.5 Å². The molecule has 9 heteroatoms. The van der Waals surface area contributed by atoms with Crippen LogP contribution in [-0.2, 0) is 7.05 Å². The van der Waals surface area contributed by atoms with E-state index < -0.39 is 0 Å². The fourth-order valence-electron chi connectivity index (χ4n) is 2.73. The van der Waals surface area contributed by atoms with Crippen molar-refractivity contribution in [1.82, 2.24) is 14.8 Å². The number of anilines is 1. The van der Waals surface area contributed by atoms with Crippen molar-refractivity contribution in [2.24, 2.45) is 12.8 Å². The van der Waals surface area contributed by atoms with Crippen LogP contribution in [0.5, 0.6) is 5.75 Å². The first kappa shape index (κ1) is 19.3. The zero-order valence-electron chi connectivity index (χ0n) is 15.2. The SMILES string of the molecule is Cc1nc(C)c(C(=O)Nc2ccc(OCCN)c(-c3c(Cl)cnn3C)c2)s1. The van der Waals surface area contributed by atoms with Gasteiger partial charge in [0.2, 0.25) is 0 Å². The number of ether oxygens (including phenoxy) is 1. The molecule has 1 amide bonds. The molecule has 27 heavy (non-hydrogen) atoms. The van der Waals surface area contributed by atoms with Gasteiger partial charge in [0.15, 0.2) is 0 Å². The number of halogens is 1. The summed E-state index contributed by atoms with van der Waals surface area (Å²) >= 11 is 7.67. The summed E-state index contributed by atoms with van der Waals surface area (Å²) in [5.74, 6) is 0.421. The molecule has 142 valence electrons. The van der Waals surface area contributed by atoms with Gasteiger partial charge in [-0.05, 0) is 32.0 Å². The molecule has 0 saturated heterocycles. The lowest BCUT2D eigenvalue weighted by Gasteiger charge is -2.14. The second-order valence-corrected chi connectivity index (χ2v) is 7.52. The number of nitrogens with two attached hydrogens (primary N) is 1. The van der Waals surface area contributed by atoms with E-state index in [1.54, 1.807) is 30.1 Å². The van der Waals surface area contributed by atoms with E-state index in [-0.39, 0.29) is 5.91 Å². The molecular weight excluding hydrogens is 386 g/mol. The molecule has 0 unspecified atom stereocenters. The average molecular weight is 406 g/mol. The summed E-state index contributed by atoms with van der Waals surface area (Å²) in [5, 5.41) is 8.44. The molecule has 3 rings (SSSR count). The van der Waals surface area contributed by atoms with Gasteiger partial charge in [-0.3, -0.25) is 9.48 Å². The number of aryl methyl sites for hydroxylation is 3. The van der Waals surface area contributed by atoms with Crippen LogP contribution in [0.25, 0.3) is 11.3 Å². The highest BCUT2D eigenvalue weighted by Crippen LogP contribution is 2.36. The van der Waals surface area contributed by atoms with E-state index in [4.69, 9.17) is 22.1 Å². The molecule has 3 N–H and O–H groups in total. The Labute approximate surface area is 166 Å². The second-order valence-electron chi connectivity index (χ2n) is 5.91. The number of nitrogens with one attached hydrogen (secondary N) is 1. The van der Waals surface area contributed by atoms with Crippen LogP contribution in [-0.4, -0.2) is 33.8 Å². The number of carbonyl (C=O) groups excluding carboxylic acids is 1. The Morgan fingerprint density at radius 3 is 2.78 bits per heavy atom. The van der Waals surface area contributed by atoms with Crippen molar-refractivity contribution < 1.29 is 9.53 Å². The fourth-order valence-corrected chi connectivity index (χ4v) is 3.81. The van der Waals surface area contributed by atoms with E-state index in [0.29, 0.717) is 45.9 Å². The predicted molar refractivity (Wildman–Crippen MR) is 108 cm³/mol. The summed E-state index contributed by atoms with van der Waals surface area (Å²) in [6.45, 7) is 4.46. The molecule has 2 heterocycles. The quantitative estimate of drug-likeness (QED) is 0.655. The Morgan fingerprint density at radius 1 is 1.41 bits per heavy atom. The number of amides is 1. The molecule has 0 spiro atoms. The Bertz CT molecular complexity index is 963. The molecule has 0 bridgehead atoms. The highest BCUT2D eigenvalue weighted by molar-refractivity contribution is 7.13. The first-order valence-corrected chi connectivity index (χ1v) is 9.50. The van der Waals surface area contributed by atoms with Gasteiger partial charge in [0.1, 0.15) is 17.2 Å². The third-order valence-corrected chi connectivity index (χ3v) is 5.22. The molecule has 0 radical (unpaired) electrons. The van der Waals surface area contributed by atoms with Gasteiger partial charge in [-0.25, -0.2) is 4.98 Å². The van der Waals surface area contributed by atoms with E-state index in [1.165, 1.54) is 11.3 Å². The van der Waals surface area contributed by atoms with Gasteiger partial charge in [-0.2, -0.15) is 5.10 Å². The lowest BCUT2D eigenvalue weighted by atomic mass is 10.1. The molecule has 0 aliphatic carbocycles. The topological polar surface area (TPSA) is 95.1 Å². The molecule has 7 nitrogen and oxygen atoms in total. The second kappa shape index (κ2) is 8.08. The van der Waals surface area contributed by atoms with Crippen molar-refractivity contribution in [3.63, 3.8) is 0 Å². The predicted octanol–water partition coefficient (Wildman–Crippen LogP) is 3.40. The molecule has 1 aromatic carbocycles. The smallest absolute Gasteiger partial charge is 0.267 e. The normalized spacial score (nSPS) is 10.9. The molecular formula is C18H20ClN5O2S. The molecule has 0 saturated carbocycles. The monoisotopic (exact) mass is 405 g/mol. The van der Waals surface area contributed by atoms with Crippen LogP contribution in [0.1, 0.15) is 20.4 Å². The van der Waals surface area contributed by atoms with Crippen LogP contribution in [0.15, 0.2) is 24.4 Å². The molecule has 2 aromatic heterocycles. The minimum Gasteiger partial charge on any atom is -0.492 e. The zero-order chi connectivity index (χ0) is 19.6. The average Bonchev–Trinajstić information content (AvgIpc) is 3.14. The highest BCUT2D eigenvalue weighted by atomic mass is 35.5. The van der Waals surface area contributed by atoms with Crippen molar-refractivity contribution in [2.45, 2.75) is 13.8 Å². The molecule has 0 atom stereocenters. The minimum absolute atomic E-state index is 0.198. The molecule has 0 fully saturated rings. The minimum atomic E-state index is -0.198. The summed E-state index contributed by atoms with van der Waals surface area (Å²) in [6, 6.07) is 5.38. The number of benzene rings is 1. The maximum Gasteiger partial charge on any atom is 0.267 e. The lowest BCUT2D eigenvalue weighted by molar-refractivity contribution is 0.103. The van der Waals surface area contributed by atoms with Crippen LogP contribution in [0, 0.1) is 13.8 Å². The van der Waals surface area contributed by atoms with E-state index in [2.05, 4.69) is 15.4 Å². The number of hydrogen-bond acceptors (Lipinski definition) is 6. The van der Waals surface area contributed by atoms with Crippen LogP contribution in [0.4, 0.5) is 5.69 Å². The summed E-state index contributed by atoms with van der Waals surface area (Å²) in [5.41, 5.74) is 8.31. The Hall–Kier alpha value is -2.42. The standard InChI is InChI=1S/C18H20ClN5O2S/c1-10-17(27-11(2)22-10)18(25)23-12-4-5-15(26-7-6-20)13(8-12)16-14(19)9-21-24(16)3/h4-5,8-9H,6-7,20H2,1-3H3,(H,23,25). The molecule has 0 aliphatic heterocycles. The number of nitrogens with zero attached hydrogens (tertiary/aromatic N) is 3. The Kier molecular flexibility index (Phi) is 5.79. The van der Waals surface area contributed by atoms with Gasteiger partial charge < -0.3 is 15.8 Å². The fraction of sp³-hybridized carbons (Fsp3) is 0.278. The Morgan fingerprint density at radius 2 is 2.19 bits per heavy atom. The van der Waals surface area contributed by atoms with E-state index in [0.717, 1.165) is 10.6 Å². The maximum atomic E-state index is 12.6. The van der Waals surface area contributed by atoms with Gasteiger partial charge in [-0.1, -0.05) is 11.6 Å². The van der Waals surface area contributed by atoms with Crippen LogP contribution >= 0.6 is 22.9 Å². The van der Waals surface area contributed by atoms with Crippen molar-refractivity contribution in [1.29, 1.82) is 0 Å². The van der Waals surface area contributed by atoms with Gasteiger partial charge in [-0.15, -0.1) is 11.3 Å². The molecule has 0 aliphatic rings. The van der Waals surface area contributed by atoms with Crippen LogP contribution < -0.4 is 15.8 Å². The third-order valence-electron chi connectivity index (χ3n) is 3.87. The number of thiazole rings is 1. The van der Waals surface area contributed by atoms with Crippen molar-refractivity contribution in [3.05, 3.63) is 45.0 Å². The van der Waals surface area contributed by atoms with E-state index in [1.807, 2.05) is 19.9 Å². The van der Waals surface area contributed by atoms with Gasteiger partial charge in [0, 0.05) is 24.8 Å². The first-order valence-electron chi connectivity index (χ1n) is 8.31. The van der Waals surface area contributed by atoms with E-state index >= 15 is 0 Å². The number of hydrogen-bond donors (Lipinski definition) is 2. The Balaban J connectivity index is 1.97. The lowest BCUT2D eigenvalue weighted by Crippen LogP contribution is -2.13. The summed E-state index contributed by atoms with van der Waals surface area (Å²) in [4.78, 5) is 17.5. The number of rotatable bonds is 6. The third kappa shape index (κ3) is 4.13. The van der Waals surface area contributed by atoms with Gasteiger partial charge in [0.05, 0.1) is 27.6 Å². The summed E-state index contributed by atoms with van der Waals surface area (Å²) in [6.07, 6.45) is 1.57. The van der Waals surface area contributed by atoms with Gasteiger partial charge >= 0.3 is 0 Å².